The summed E-state index contributed by atoms with van der Waals surface area (Å²) in [6, 6.07) is 6.09. The Hall–Kier alpha value is -1.31. The van der Waals surface area contributed by atoms with Crippen molar-refractivity contribution in [1.29, 1.82) is 0 Å². The molecule has 0 amide bonds. The van der Waals surface area contributed by atoms with Gasteiger partial charge < -0.3 is 5.11 Å². The lowest BCUT2D eigenvalue weighted by molar-refractivity contribution is -0.139. The lowest BCUT2D eigenvalue weighted by Gasteiger charge is -2.19. The highest BCUT2D eigenvalue weighted by Gasteiger charge is 2.40. The van der Waals surface area contributed by atoms with Crippen molar-refractivity contribution in [2.24, 2.45) is 0 Å². The summed E-state index contributed by atoms with van der Waals surface area (Å²) in [4.78, 5) is 11.1. The summed E-state index contributed by atoms with van der Waals surface area (Å²) < 4.78 is 0. The molecule has 1 atom stereocenters. The number of carbonyl (C=O) groups is 1. The van der Waals surface area contributed by atoms with Gasteiger partial charge in [-0.05, 0) is 29.9 Å². The number of carboxylic acids is 1. The molecule has 0 aliphatic heterocycles. The quantitative estimate of drug-likeness (QED) is 0.763. The fourth-order valence-electron chi connectivity index (χ4n) is 2.51. The summed E-state index contributed by atoms with van der Waals surface area (Å²) in [6.45, 7) is 6.28. The Balaban J connectivity index is 2.58. The first-order valence-electron chi connectivity index (χ1n) is 5.25. The van der Waals surface area contributed by atoms with Gasteiger partial charge in [0.25, 0.3) is 0 Å². The summed E-state index contributed by atoms with van der Waals surface area (Å²) in [5.41, 5.74) is 3.39. The number of rotatable bonds is 1. The first-order chi connectivity index (χ1) is 6.92. The number of carboxylic acid groups (broad SMARTS) is 1. The molecule has 1 aliphatic carbocycles. The Labute approximate surface area is 89.9 Å². The van der Waals surface area contributed by atoms with E-state index in [2.05, 4.69) is 19.9 Å². The number of fused-ring (bicyclic) bond motifs is 1. The highest BCUT2D eigenvalue weighted by Crippen LogP contribution is 2.45. The largest absolute Gasteiger partial charge is 0.481 e. The second-order valence-electron chi connectivity index (χ2n) is 5.07. The van der Waals surface area contributed by atoms with Gasteiger partial charge in [-0.1, -0.05) is 37.6 Å². The lowest BCUT2D eigenvalue weighted by Crippen LogP contribution is -2.14. The smallest absolute Gasteiger partial charge is 0.311 e. The van der Waals surface area contributed by atoms with Crippen LogP contribution in [0, 0.1) is 6.92 Å². The minimum atomic E-state index is -0.703. The van der Waals surface area contributed by atoms with E-state index in [4.69, 9.17) is 5.11 Å². The van der Waals surface area contributed by atoms with Crippen molar-refractivity contribution < 1.29 is 9.90 Å². The molecular formula is C13H16O2. The van der Waals surface area contributed by atoms with E-state index < -0.39 is 5.97 Å². The van der Waals surface area contributed by atoms with Crippen LogP contribution in [0.15, 0.2) is 18.2 Å². The maximum atomic E-state index is 11.1. The highest BCUT2D eigenvalue weighted by atomic mass is 16.4. The van der Waals surface area contributed by atoms with Crippen molar-refractivity contribution in [2.75, 3.05) is 0 Å². The van der Waals surface area contributed by atoms with E-state index in [1.165, 1.54) is 11.1 Å². The second-order valence-corrected chi connectivity index (χ2v) is 5.07. The standard InChI is InChI=1S/C13H16O2/c1-8-4-5-9-10(12(14)15)7-13(2,3)11(9)6-8/h4-6,10H,7H2,1-3H3,(H,14,15). The van der Waals surface area contributed by atoms with Crippen LogP contribution in [0.25, 0.3) is 0 Å². The summed E-state index contributed by atoms with van der Waals surface area (Å²) >= 11 is 0. The van der Waals surface area contributed by atoms with Crippen molar-refractivity contribution in [3.05, 3.63) is 34.9 Å². The molecule has 2 heteroatoms. The molecular weight excluding hydrogens is 188 g/mol. The van der Waals surface area contributed by atoms with Crippen LogP contribution < -0.4 is 0 Å². The monoisotopic (exact) mass is 204 g/mol. The van der Waals surface area contributed by atoms with Crippen LogP contribution in [0.3, 0.4) is 0 Å². The van der Waals surface area contributed by atoms with Gasteiger partial charge in [-0.3, -0.25) is 4.79 Å². The Bertz CT molecular complexity index is 419. The van der Waals surface area contributed by atoms with Crippen LogP contribution in [0.4, 0.5) is 0 Å². The van der Waals surface area contributed by atoms with E-state index in [0.29, 0.717) is 6.42 Å². The van der Waals surface area contributed by atoms with Gasteiger partial charge in [0.2, 0.25) is 0 Å². The minimum Gasteiger partial charge on any atom is -0.481 e. The lowest BCUT2D eigenvalue weighted by atomic mass is 9.85. The van der Waals surface area contributed by atoms with Crippen molar-refractivity contribution in [2.45, 2.75) is 38.5 Å². The molecule has 0 spiro atoms. The van der Waals surface area contributed by atoms with Crippen LogP contribution >= 0.6 is 0 Å². The second kappa shape index (κ2) is 3.09. The van der Waals surface area contributed by atoms with Gasteiger partial charge in [-0.15, -0.1) is 0 Å². The molecule has 0 aromatic heterocycles. The topological polar surface area (TPSA) is 37.3 Å². The van der Waals surface area contributed by atoms with Crippen LogP contribution in [0.1, 0.15) is 42.9 Å². The zero-order valence-corrected chi connectivity index (χ0v) is 9.37. The van der Waals surface area contributed by atoms with Crippen molar-refractivity contribution in [3.8, 4) is 0 Å². The van der Waals surface area contributed by atoms with Gasteiger partial charge >= 0.3 is 5.97 Å². The number of aliphatic carboxylic acids is 1. The fraction of sp³-hybridized carbons (Fsp3) is 0.462. The average molecular weight is 204 g/mol. The van der Waals surface area contributed by atoms with E-state index in [-0.39, 0.29) is 11.3 Å². The molecule has 0 heterocycles. The van der Waals surface area contributed by atoms with Gasteiger partial charge in [0.05, 0.1) is 5.92 Å². The van der Waals surface area contributed by atoms with Gasteiger partial charge in [-0.2, -0.15) is 0 Å². The van der Waals surface area contributed by atoms with Crippen LogP contribution in [0.5, 0.6) is 0 Å². The molecule has 0 radical (unpaired) electrons. The van der Waals surface area contributed by atoms with E-state index in [1.54, 1.807) is 0 Å². The summed E-state index contributed by atoms with van der Waals surface area (Å²) in [6.07, 6.45) is 0.709. The summed E-state index contributed by atoms with van der Waals surface area (Å²) in [5.74, 6) is -1.03. The Morgan fingerprint density at radius 3 is 2.73 bits per heavy atom. The minimum absolute atomic E-state index is 0.00951. The Morgan fingerprint density at radius 1 is 1.47 bits per heavy atom. The molecule has 0 bridgehead atoms. The maximum Gasteiger partial charge on any atom is 0.311 e. The normalized spacial score (nSPS) is 22.5. The zero-order chi connectivity index (χ0) is 11.2. The summed E-state index contributed by atoms with van der Waals surface area (Å²) in [5, 5.41) is 9.16. The predicted molar refractivity (Wildman–Crippen MR) is 59.2 cm³/mol. The van der Waals surface area contributed by atoms with Crippen LogP contribution in [-0.4, -0.2) is 11.1 Å². The molecule has 1 aromatic rings. The maximum absolute atomic E-state index is 11.1. The van der Waals surface area contributed by atoms with Gasteiger partial charge in [-0.25, -0.2) is 0 Å². The zero-order valence-electron chi connectivity index (χ0n) is 9.37. The summed E-state index contributed by atoms with van der Waals surface area (Å²) in [7, 11) is 0. The molecule has 2 nitrogen and oxygen atoms in total. The molecule has 1 aromatic carbocycles. The molecule has 15 heavy (non-hydrogen) atoms. The van der Waals surface area contributed by atoms with Gasteiger partial charge in [0.1, 0.15) is 0 Å². The molecule has 1 aliphatic rings. The molecule has 0 saturated carbocycles. The molecule has 2 rings (SSSR count). The molecule has 1 unspecified atom stereocenters. The van der Waals surface area contributed by atoms with Crippen molar-refractivity contribution in [3.63, 3.8) is 0 Å². The molecule has 0 fully saturated rings. The Morgan fingerprint density at radius 2 is 2.13 bits per heavy atom. The third-order valence-corrected chi connectivity index (χ3v) is 3.33. The van der Waals surface area contributed by atoms with E-state index >= 15 is 0 Å². The van der Waals surface area contributed by atoms with Gasteiger partial charge in [0.15, 0.2) is 0 Å². The van der Waals surface area contributed by atoms with Crippen molar-refractivity contribution >= 4 is 5.97 Å². The van der Waals surface area contributed by atoms with Crippen LogP contribution in [-0.2, 0) is 10.2 Å². The average Bonchev–Trinajstić information content (AvgIpc) is 2.39. The number of hydrogen-bond donors (Lipinski definition) is 1. The predicted octanol–water partition coefficient (Wildman–Crippen LogP) is 2.84. The van der Waals surface area contributed by atoms with Crippen LogP contribution in [0.2, 0.25) is 0 Å². The number of benzene rings is 1. The third-order valence-electron chi connectivity index (χ3n) is 3.33. The van der Waals surface area contributed by atoms with E-state index in [0.717, 1.165) is 5.56 Å². The Kier molecular flexibility index (Phi) is 2.10. The first kappa shape index (κ1) is 10.2. The fourth-order valence-corrected chi connectivity index (χ4v) is 2.51. The third kappa shape index (κ3) is 1.54. The SMILES string of the molecule is Cc1ccc2c(c1)C(C)(C)CC2C(=O)O. The molecule has 80 valence electrons. The highest BCUT2D eigenvalue weighted by molar-refractivity contribution is 5.78. The number of aryl methyl sites for hydroxylation is 1. The first-order valence-corrected chi connectivity index (χ1v) is 5.25. The van der Waals surface area contributed by atoms with Gasteiger partial charge in [0, 0.05) is 0 Å². The van der Waals surface area contributed by atoms with E-state index in [1.807, 2.05) is 19.1 Å². The number of hydrogen-bond acceptors (Lipinski definition) is 1. The molecule has 1 N–H and O–H groups in total. The molecule has 0 saturated heterocycles. The van der Waals surface area contributed by atoms with Crippen molar-refractivity contribution in [1.82, 2.24) is 0 Å². The van der Waals surface area contributed by atoms with E-state index in [9.17, 15) is 4.79 Å².